The summed E-state index contributed by atoms with van der Waals surface area (Å²) in [6.45, 7) is 19.5. The number of anilines is 2. The Bertz CT molecular complexity index is 6770. The molecule has 4 atom stereocenters. The number of nitrogens with zero attached hydrogens (tertiary/aromatic N) is 9. The third-order valence-electron chi connectivity index (χ3n) is 19.6. The monoisotopic (exact) mass is 1670 g/mol. The molecule has 21 nitrogen and oxygen atoms in total. The van der Waals surface area contributed by atoms with Gasteiger partial charge in [0.1, 0.15) is 17.8 Å². The van der Waals surface area contributed by atoms with Gasteiger partial charge in [-0.3, -0.25) is 47.0 Å². The minimum atomic E-state index is -0.464. The van der Waals surface area contributed by atoms with Crippen molar-refractivity contribution in [2.24, 2.45) is 0 Å². The Hall–Kier alpha value is -13.6. The van der Waals surface area contributed by atoms with Crippen LogP contribution in [0.4, 0.5) is 10.9 Å². The van der Waals surface area contributed by atoms with E-state index in [0.29, 0.717) is 104 Å². The number of benzene rings is 8. The molecule has 0 radical (unpaired) electrons. The number of fused-ring (bicyclic) bond motifs is 4. The van der Waals surface area contributed by atoms with Crippen molar-refractivity contribution in [1.82, 2.24) is 64.5 Å². The van der Waals surface area contributed by atoms with Crippen LogP contribution in [-0.4, -0.2) is 55.0 Å². The first-order valence-corrected chi connectivity index (χ1v) is 39.9. The summed E-state index contributed by atoms with van der Waals surface area (Å²) >= 11 is 26.8. The highest BCUT2D eigenvalue weighted by molar-refractivity contribution is 7.16. The van der Waals surface area contributed by atoms with Gasteiger partial charge in [-0.2, -0.15) is 0 Å². The normalized spacial score (nSPS) is 12.0. The minimum absolute atomic E-state index is 0.157. The molecule has 16 rings (SSSR count). The van der Waals surface area contributed by atoms with Gasteiger partial charge >= 0.3 is 0 Å². The van der Waals surface area contributed by atoms with Gasteiger partial charge in [0.2, 0.25) is 0 Å². The molecule has 119 heavy (non-hydrogen) atoms. The maximum Gasteiger partial charge on any atom is 0.270 e. The largest absolute Gasteiger partial charge is 0.384 e. The molecule has 26 heteroatoms. The summed E-state index contributed by atoms with van der Waals surface area (Å²) in [5.74, 6) is -0.160. The highest BCUT2D eigenvalue weighted by Crippen LogP contribution is 2.33. The fraction of sp³-hybridized carbons (Fsp3) is 0.108. The third-order valence-corrected chi connectivity index (χ3v) is 21.8. The van der Waals surface area contributed by atoms with Gasteiger partial charge in [0.25, 0.3) is 34.1 Å². The van der Waals surface area contributed by atoms with Crippen LogP contribution in [0.1, 0.15) is 117 Å². The highest BCUT2D eigenvalue weighted by Gasteiger charge is 2.26. The van der Waals surface area contributed by atoms with Crippen LogP contribution in [0.15, 0.2) is 306 Å². The lowest BCUT2D eigenvalue weighted by Crippen LogP contribution is -2.32. The molecule has 0 aliphatic rings. The van der Waals surface area contributed by atoms with Crippen molar-refractivity contribution in [3.63, 3.8) is 0 Å². The van der Waals surface area contributed by atoms with Gasteiger partial charge in [0.15, 0.2) is 5.13 Å². The molecule has 0 saturated carbocycles. The molecule has 0 saturated heterocycles. The predicted molar refractivity (Wildman–Crippen MR) is 482 cm³/mol. The number of nitrogens with one attached hydrogen (secondary N) is 4. The van der Waals surface area contributed by atoms with Crippen molar-refractivity contribution in [2.45, 2.75) is 65.7 Å². The molecule has 0 spiro atoms. The molecule has 596 valence electrons. The molecular weight excluding hydrogens is 1600 g/mol. The van der Waals surface area contributed by atoms with E-state index in [0.717, 1.165) is 60.4 Å². The summed E-state index contributed by atoms with van der Waals surface area (Å²) in [5, 5.41) is 19.7. The second-order valence-electron chi connectivity index (χ2n) is 27.8. The van der Waals surface area contributed by atoms with Crippen molar-refractivity contribution < 1.29 is 9.59 Å². The zero-order chi connectivity index (χ0) is 84.3. The molecule has 8 heterocycles. The van der Waals surface area contributed by atoms with Crippen LogP contribution in [0.3, 0.4) is 0 Å². The van der Waals surface area contributed by atoms with Crippen LogP contribution < -0.4 is 55.0 Å². The molecule has 8 aromatic carbocycles. The van der Waals surface area contributed by atoms with E-state index in [1.165, 1.54) is 23.9 Å². The maximum absolute atomic E-state index is 13.5. The van der Waals surface area contributed by atoms with E-state index in [2.05, 4.69) is 59.3 Å². The van der Waals surface area contributed by atoms with Crippen LogP contribution in [0.5, 0.6) is 0 Å². The van der Waals surface area contributed by atoms with E-state index >= 15 is 0 Å². The van der Waals surface area contributed by atoms with Crippen molar-refractivity contribution in [3.8, 4) is 22.7 Å². The van der Waals surface area contributed by atoms with E-state index in [-0.39, 0.29) is 46.1 Å². The van der Waals surface area contributed by atoms with Gasteiger partial charge in [0.05, 0.1) is 81.9 Å². The number of para-hydroxylation sites is 4. The van der Waals surface area contributed by atoms with Crippen LogP contribution in [0.25, 0.3) is 77.2 Å². The van der Waals surface area contributed by atoms with E-state index in [1.54, 1.807) is 92.2 Å². The number of aryl methyl sites for hydroxylation is 2. The second-order valence-corrected chi connectivity index (χ2v) is 30.5. The number of carbonyl (C=O) groups excluding carboxylic acids is 2. The molecule has 0 aliphatic carbocycles. The van der Waals surface area contributed by atoms with E-state index in [1.807, 2.05) is 229 Å². The quantitative estimate of drug-likeness (QED) is 0.0466. The number of pyridine rings is 6. The zero-order valence-corrected chi connectivity index (χ0v) is 69.1. The van der Waals surface area contributed by atoms with Gasteiger partial charge in [0, 0.05) is 86.8 Å². The third kappa shape index (κ3) is 18.6. The smallest absolute Gasteiger partial charge is 0.270 e. The Balaban J connectivity index is 0.000000137. The molecule has 0 unspecified atom stereocenters. The van der Waals surface area contributed by atoms with E-state index < -0.39 is 12.1 Å². The zero-order valence-electron chi connectivity index (χ0n) is 65.3. The summed E-state index contributed by atoms with van der Waals surface area (Å²) < 4.78 is 6.58. The average molecular weight is 1680 g/mol. The minimum Gasteiger partial charge on any atom is -0.384 e. The number of halogens is 4. The lowest BCUT2D eigenvalue weighted by Gasteiger charge is -2.23. The lowest BCUT2D eigenvalue weighted by molar-refractivity contribution is 0.0926. The van der Waals surface area contributed by atoms with Gasteiger partial charge in [-0.25, -0.2) is 24.9 Å². The van der Waals surface area contributed by atoms with Gasteiger partial charge in [-0.1, -0.05) is 198 Å². The standard InChI is InChI=1S/C24H21ClN4O.C24H20ClN3O2.C23H19ClN4O2.C22H19ClN4OS/c1-15(18-11-12-22(26)27-14-18)28-16(2)21-13-17-7-6-10-20(25)23(17)24(30)29(21)19-8-4-3-5-9-19;1-15-8-6-13-20(26-15)23(29)27-16(2)21-14-17-9-7-12-19(25)22(17)24(30)28(21)18-10-4-3-5-11-18;1-14-18(12-25-13-26-14)22(29)27-15(2)20-11-16-7-6-10-19(24)21(16)23(30)28(20)17-8-4-3-5-9-17;1-13(26-14(2)19-12-25-22(24)29-19)18-11-15-7-6-10-17(23)20(15)21(28)27(18)16-8-4-3-5-9-16/h3-14,16,28H,1H2,2H3,(H2,26,27);3-14,16H,1-2H3,(H,27,29);3-13,15H,1-2H3,(H,27,29);3-13,26H,2H2,1H3,(H2,24,25)/t2*16-;15-;13-/m0000/s1. The van der Waals surface area contributed by atoms with E-state index in [9.17, 15) is 28.8 Å². The van der Waals surface area contributed by atoms with Gasteiger partial charge < -0.3 is 32.7 Å². The van der Waals surface area contributed by atoms with Crippen molar-refractivity contribution in [1.29, 1.82) is 0 Å². The van der Waals surface area contributed by atoms with Crippen molar-refractivity contribution in [3.05, 3.63) is 404 Å². The summed E-state index contributed by atoms with van der Waals surface area (Å²) in [6.07, 6.45) is 6.23. The Morgan fingerprint density at radius 2 is 0.765 bits per heavy atom. The first-order valence-electron chi connectivity index (χ1n) is 37.6. The molecule has 0 fully saturated rings. The molecule has 0 bridgehead atoms. The molecule has 8 aromatic heterocycles. The van der Waals surface area contributed by atoms with Crippen LogP contribution in [0, 0.1) is 13.8 Å². The molecule has 16 aromatic rings. The molecular formula is C93H79Cl4N15O6S. The average Bonchev–Trinajstić information content (AvgIpc) is 0.963. The summed E-state index contributed by atoms with van der Waals surface area (Å²) in [4.78, 5) is 101. The number of nitrogens with two attached hydrogens (primary N) is 2. The number of aromatic nitrogens is 9. The Kier molecular flexibility index (Phi) is 26.0. The fourth-order valence-electron chi connectivity index (χ4n) is 13.8. The predicted octanol–water partition coefficient (Wildman–Crippen LogP) is 19.0. The van der Waals surface area contributed by atoms with Gasteiger partial charge in [-0.15, -0.1) is 0 Å². The summed E-state index contributed by atoms with van der Waals surface area (Å²) in [6, 6.07) is 74.6. The number of hydrogen-bond acceptors (Lipinski definition) is 16. The highest BCUT2D eigenvalue weighted by atomic mass is 35.5. The van der Waals surface area contributed by atoms with Crippen molar-refractivity contribution >= 4 is 135 Å². The number of carbonyl (C=O) groups is 2. The number of nitrogen functional groups attached to an aromatic ring is 2. The first kappa shape index (κ1) is 83.3. The first-order chi connectivity index (χ1) is 57.3. The number of hydrogen-bond donors (Lipinski definition) is 6. The molecule has 2 amide bonds. The summed E-state index contributed by atoms with van der Waals surface area (Å²) in [5.41, 5.74) is 20.7. The van der Waals surface area contributed by atoms with E-state index in [4.69, 9.17) is 57.9 Å². The SMILES string of the molecule is C=C(N[C@@H](C)c1cc2cccc(Cl)c2c(=O)n1-c1ccccc1)c1ccc(N)nc1.C=C(N[C@@H](C)c1cc2cccc(Cl)c2c(=O)n1-c1ccccc1)c1cnc(N)s1.Cc1cccc(C(=O)N[C@@H](C)c2cc3cccc(Cl)c3c(=O)n2-c2ccccc2)n1.Cc1ncncc1C(=O)N[C@@H](C)c1cc2cccc(Cl)c2c(=O)n1-c1ccccc1. The Morgan fingerprint density at radius 1 is 0.403 bits per heavy atom. The maximum atomic E-state index is 13.5. The Morgan fingerprint density at radius 3 is 1.11 bits per heavy atom. The number of amides is 2. The summed E-state index contributed by atoms with van der Waals surface area (Å²) in [7, 11) is 0. The van der Waals surface area contributed by atoms with Gasteiger partial charge in [-0.05, 0) is 184 Å². The number of thiazole rings is 1. The second kappa shape index (κ2) is 37.1. The van der Waals surface area contributed by atoms with Crippen molar-refractivity contribution in [2.75, 3.05) is 11.5 Å². The van der Waals surface area contributed by atoms with Crippen LogP contribution in [0.2, 0.25) is 20.1 Å². The topological polar surface area (TPSA) is 287 Å². The molecule has 8 N–H and O–H groups in total. The van der Waals surface area contributed by atoms with Crippen LogP contribution >= 0.6 is 57.7 Å². The fourth-order valence-corrected chi connectivity index (χ4v) is 15.5. The Labute approximate surface area is 708 Å². The lowest BCUT2D eigenvalue weighted by atomic mass is 10.1. The molecule has 0 aliphatic heterocycles. The number of rotatable bonds is 18. The van der Waals surface area contributed by atoms with Crippen LogP contribution in [-0.2, 0) is 0 Å².